The molecule has 0 saturated heterocycles. The van der Waals surface area contributed by atoms with Gasteiger partial charge in [0.1, 0.15) is 13.9 Å². The molecule has 0 aromatic rings. The zero-order chi connectivity index (χ0) is 21.7. The van der Waals surface area contributed by atoms with Crippen LogP contribution in [0.15, 0.2) is 11.6 Å². The maximum Gasteiger partial charge on any atom is 0.313 e. The van der Waals surface area contributed by atoms with E-state index >= 15 is 0 Å². The molecule has 0 N–H and O–H groups in total. The van der Waals surface area contributed by atoms with Crippen LogP contribution in [0.4, 0.5) is 0 Å². The first kappa shape index (κ1) is 23.9. The maximum atomic E-state index is 13.3. The van der Waals surface area contributed by atoms with Gasteiger partial charge in [0, 0.05) is 18.8 Å². The van der Waals surface area contributed by atoms with Gasteiger partial charge in [-0.2, -0.15) is 0 Å². The summed E-state index contributed by atoms with van der Waals surface area (Å²) in [5, 5.41) is 0. The van der Waals surface area contributed by atoms with Crippen LogP contribution in [0.1, 0.15) is 78.1 Å². The second-order valence-electron chi connectivity index (χ2n) is 10.4. The molecule has 29 heavy (non-hydrogen) atoms. The molecule has 0 spiro atoms. The zero-order valence-corrected chi connectivity index (χ0v) is 20.5. The highest BCUT2D eigenvalue weighted by Crippen LogP contribution is 2.62. The van der Waals surface area contributed by atoms with Crippen LogP contribution >= 0.6 is 0 Å². The summed E-state index contributed by atoms with van der Waals surface area (Å²) in [6.45, 7) is 11.1. The smallest absolute Gasteiger partial charge is 0.313 e. The second kappa shape index (κ2) is 9.64. The molecule has 0 aliphatic heterocycles. The van der Waals surface area contributed by atoms with Gasteiger partial charge in [-0.15, -0.1) is 11.5 Å². The summed E-state index contributed by atoms with van der Waals surface area (Å²) in [6.07, 6.45) is 10.8. The van der Waals surface area contributed by atoms with Crippen molar-refractivity contribution in [1.29, 1.82) is 0 Å². The maximum absolute atomic E-state index is 13.3. The predicted molar refractivity (Wildman–Crippen MR) is 122 cm³/mol. The summed E-state index contributed by atoms with van der Waals surface area (Å²) in [5.74, 6) is 3.27. The molecule has 3 unspecified atom stereocenters. The molecule has 1 saturated carbocycles. The summed E-state index contributed by atoms with van der Waals surface area (Å²) in [6, 6.07) is 0. The number of carbonyl (C=O) groups excluding carboxylic acids is 2. The van der Waals surface area contributed by atoms with Gasteiger partial charge in [0.15, 0.2) is 0 Å². The molecule has 2 rings (SSSR count). The monoisotopic (exact) mass is 416 g/mol. The quantitative estimate of drug-likeness (QED) is 0.183. The van der Waals surface area contributed by atoms with Crippen LogP contribution in [-0.4, -0.2) is 26.9 Å². The van der Waals surface area contributed by atoms with Gasteiger partial charge in [-0.1, -0.05) is 38.2 Å². The Bertz CT molecular complexity index is 706. The highest BCUT2D eigenvalue weighted by molar-refractivity contribution is 6.83. The molecular formula is C25H40O3Si. The number of unbranched alkanes of at least 4 members (excludes halogenated alkanes) is 1. The van der Waals surface area contributed by atoms with Crippen molar-refractivity contribution in [2.24, 2.45) is 16.7 Å². The Balaban J connectivity index is 2.32. The van der Waals surface area contributed by atoms with E-state index in [1.807, 2.05) is 0 Å². The number of hydrogen-bond acceptors (Lipinski definition) is 3. The molecule has 2 aliphatic rings. The minimum atomic E-state index is -1.35. The SMILES string of the molecule is COC(=O)C12CC/C=C(\C)CCCC(=O)C1CCC2(C)CCCC#C[Si](C)(C)C. The fourth-order valence-corrected chi connectivity index (χ4v) is 6.20. The van der Waals surface area contributed by atoms with Gasteiger partial charge < -0.3 is 4.74 Å². The van der Waals surface area contributed by atoms with Crippen LogP contribution in [-0.2, 0) is 14.3 Å². The minimum absolute atomic E-state index is 0.171. The molecule has 2 aliphatic carbocycles. The fourth-order valence-electron chi connectivity index (χ4n) is 5.54. The van der Waals surface area contributed by atoms with Crippen LogP contribution in [0, 0.1) is 28.2 Å². The first-order valence-electron chi connectivity index (χ1n) is 11.3. The lowest BCUT2D eigenvalue weighted by molar-refractivity contribution is -0.167. The van der Waals surface area contributed by atoms with Crippen molar-refractivity contribution >= 4 is 19.8 Å². The number of ketones is 1. The van der Waals surface area contributed by atoms with E-state index in [0.29, 0.717) is 12.8 Å². The Morgan fingerprint density at radius 3 is 2.66 bits per heavy atom. The highest BCUT2D eigenvalue weighted by Gasteiger charge is 2.63. The Morgan fingerprint density at radius 2 is 2.00 bits per heavy atom. The van der Waals surface area contributed by atoms with Gasteiger partial charge in [0.2, 0.25) is 0 Å². The lowest BCUT2D eigenvalue weighted by Gasteiger charge is -2.45. The topological polar surface area (TPSA) is 43.4 Å². The van der Waals surface area contributed by atoms with E-state index in [0.717, 1.165) is 51.4 Å². The lowest BCUT2D eigenvalue weighted by Crippen LogP contribution is -2.49. The van der Waals surface area contributed by atoms with E-state index in [2.05, 4.69) is 51.0 Å². The molecule has 0 heterocycles. The van der Waals surface area contributed by atoms with Gasteiger partial charge in [0.25, 0.3) is 0 Å². The van der Waals surface area contributed by atoms with Gasteiger partial charge >= 0.3 is 5.97 Å². The van der Waals surface area contributed by atoms with E-state index in [-0.39, 0.29) is 23.1 Å². The van der Waals surface area contributed by atoms with Crippen molar-refractivity contribution in [2.75, 3.05) is 7.11 Å². The summed E-state index contributed by atoms with van der Waals surface area (Å²) in [4.78, 5) is 26.5. The fraction of sp³-hybridized carbons (Fsp3) is 0.760. The van der Waals surface area contributed by atoms with Crippen LogP contribution in [0.3, 0.4) is 0 Å². The number of ether oxygens (including phenoxy) is 1. The number of methoxy groups -OCH3 is 1. The van der Waals surface area contributed by atoms with Gasteiger partial charge in [-0.05, 0) is 63.7 Å². The van der Waals surface area contributed by atoms with Gasteiger partial charge in [0.05, 0.1) is 12.5 Å². The molecule has 0 aromatic heterocycles. The molecule has 3 nitrogen and oxygen atoms in total. The molecule has 4 heteroatoms. The Kier molecular flexibility index (Phi) is 7.96. The molecule has 0 amide bonds. The number of Topliss-reactive ketones (excluding diaryl/α,β-unsaturated/α-hetero) is 1. The highest BCUT2D eigenvalue weighted by atomic mass is 28.3. The van der Waals surface area contributed by atoms with E-state index in [9.17, 15) is 9.59 Å². The third kappa shape index (κ3) is 5.42. The summed E-state index contributed by atoms with van der Waals surface area (Å²) in [5.41, 5.74) is 3.87. The Labute approximate surface area is 179 Å². The van der Waals surface area contributed by atoms with Crippen LogP contribution in [0.5, 0.6) is 0 Å². The van der Waals surface area contributed by atoms with Crippen molar-refractivity contribution < 1.29 is 14.3 Å². The van der Waals surface area contributed by atoms with E-state index in [1.165, 1.54) is 12.7 Å². The third-order valence-electron chi connectivity index (χ3n) is 7.11. The van der Waals surface area contributed by atoms with Crippen molar-refractivity contribution in [1.82, 2.24) is 0 Å². The number of fused-ring (bicyclic) bond motifs is 1. The first-order valence-corrected chi connectivity index (χ1v) is 14.8. The van der Waals surface area contributed by atoms with E-state index in [1.54, 1.807) is 0 Å². The zero-order valence-electron chi connectivity index (χ0n) is 19.5. The van der Waals surface area contributed by atoms with Gasteiger partial charge in [-0.25, -0.2) is 0 Å². The number of esters is 1. The molecular weight excluding hydrogens is 376 g/mol. The molecule has 1 fully saturated rings. The largest absolute Gasteiger partial charge is 0.469 e. The number of allylic oxidation sites excluding steroid dienone is 2. The Hall–Kier alpha value is -1.34. The Morgan fingerprint density at radius 1 is 1.28 bits per heavy atom. The summed E-state index contributed by atoms with van der Waals surface area (Å²) < 4.78 is 5.37. The summed E-state index contributed by atoms with van der Waals surface area (Å²) >= 11 is 0. The molecule has 162 valence electrons. The van der Waals surface area contributed by atoms with Crippen molar-refractivity contribution in [3.05, 3.63) is 11.6 Å². The van der Waals surface area contributed by atoms with E-state index < -0.39 is 13.5 Å². The van der Waals surface area contributed by atoms with Crippen molar-refractivity contribution in [2.45, 2.75) is 97.7 Å². The average Bonchev–Trinajstić information content (AvgIpc) is 2.93. The van der Waals surface area contributed by atoms with Crippen molar-refractivity contribution in [3.63, 3.8) is 0 Å². The summed E-state index contributed by atoms with van der Waals surface area (Å²) in [7, 11) is 0.134. The van der Waals surface area contributed by atoms with Crippen LogP contribution in [0.2, 0.25) is 19.6 Å². The molecule has 0 radical (unpaired) electrons. The molecule has 0 aromatic carbocycles. The minimum Gasteiger partial charge on any atom is -0.469 e. The third-order valence-corrected chi connectivity index (χ3v) is 8.04. The standard InChI is InChI=1S/C25H40O3Si/c1-20-12-10-14-22(26)21-15-18-24(2,16-8-7-9-19-29(4,5)6)25(21,17-11-13-20)23(27)28-3/h13,21H,7-8,10-12,14-18H2,1-6H3/b20-13+. The van der Waals surface area contributed by atoms with Crippen molar-refractivity contribution in [3.8, 4) is 11.5 Å². The number of hydrogen-bond donors (Lipinski definition) is 0. The molecule has 3 atom stereocenters. The number of rotatable bonds is 4. The van der Waals surface area contributed by atoms with E-state index in [4.69, 9.17) is 4.74 Å². The van der Waals surface area contributed by atoms with Crippen LogP contribution < -0.4 is 0 Å². The van der Waals surface area contributed by atoms with Crippen LogP contribution in [0.25, 0.3) is 0 Å². The van der Waals surface area contributed by atoms with Gasteiger partial charge in [-0.3, -0.25) is 9.59 Å². The first-order chi connectivity index (χ1) is 13.6. The average molecular weight is 417 g/mol. The number of carbonyl (C=O) groups is 2. The normalized spacial score (nSPS) is 32.4. The lowest BCUT2D eigenvalue weighted by atomic mass is 9.58. The second-order valence-corrected chi connectivity index (χ2v) is 15.2. The molecule has 0 bridgehead atoms. The predicted octanol–water partition coefficient (Wildman–Crippen LogP) is 6.09.